The van der Waals surface area contributed by atoms with Crippen molar-refractivity contribution in [2.75, 3.05) is 13.7 Å². The SMILES string of the molecule is COc1ccc(C2(CNC(=O)C3(O)CCC3)CCC2)cc1. The molecule has 114 valence electrons. The first-order valence-corrected chi connectivity index (χ1v) is 7.73. The third-order valence-electron chi connectivity index (χ3n) is 5.20. The monoisotopic (exact) mass is 289 g/mol. The van der Waals surface area contributed by atoms with Crippen LogP contribution in [0.25, 0.3) is 0 Å². The minimum absolute atomic E-state index is 0.0298. The number of ether oxygens (including phenoxy) is 1. The van der Waals surface area contributed by atoms with E-state index in [1.165, 1.54) is 12.0 Å². The lowest BCUT2D eigenvalue weighted by Gasteiger charge is -2.44. The highest BCUT2D eigenvalue weighted by atomic mass is 16.5. The first kappa shape index (κ1) is 14.4. The van der Waals surface area contributed by atoms with Crippen LogP contribution < -0.4 is 10.1 Å². The second-order valence-electron chi connectivity index (χ2n) is 6.43. The lowest BCUT2D eigenvalue weighted by Crippen LogP contribution is -2.55. The summed E-state index contributed by atoms with van der Waals surface area (Å²) in [5.74, 6) is 0.648. The van der Waals surface area contributed by atoms with Crippen molar-refractivity contribution >= 4 is 5.91 Å². The van der Waals surface area contributed by atoms with E-state index in [2.05, 4.69) is 17.4 Å². The summed E-state index contributed by atoms with van der Waals surface area (Å²) in [5.41, 5.74) is 0.169. The van der Waals surface area contributed by atoms with Gasteiger partial charge in [0.25, 0.3) is 5.91 Å². The average molecular weight is 289 g/mol. The van der Waals surface area contributed by atoms with Crippen LogP contribution in [0.3, 0.4) is 0 Å². The molecule has 0 heterocycles. The fourth-order valence-electron chi connectivity index (χ4n) is 3.27. The number of methoxy groups -OCH3 is 1. The second-order valence-corrected chi connectivity index (χ2v) is 6.43. The van der Waals surface area contributed by atoms with Gasteiger partial charge in [-0.15, -0.1) is 0 Å². The molecule has 0 unspecified atom stereocenters. The van der Waals surface area contributed by atoms with E-state index in [9.17, 15) is 9.90 Å². The predicted octanol–water partition coefficient (Wildman–Crippen LogP) is 2.15. The van der Waals surface area contributed by atoms with Gasteiger partial charge >= 0.3 is 0 Å². The molecule has 0 atom stereocenters. The number of amides is 1. The van der Waals surface area contributed by atoms with Crippen LogP contribution in [0.5, 0.6) is 5.75 Å². The number of carbonyl (C=O) groups excluding carboxylic acids is 1. The highest BCUT2D eigenvalue weighted by molar-refractivity contribution is 5.85. The highest BCUT2D eigenvalue weighted by Crippen LogP contribution is 2.44. The minimum Gasteiger partial charge on any atom is -0.497 e. The Morgan fingerprint density at radius 2 is 1.81 bits per heavy atom. The standard InChI is InChI=1S/C17H23NO3/c1-21-14-6-4-13(5-7-14)16(8-2-9-16)12-18-15(19)17(20)10-3-11-17/h4-7,20H,2-3,8-12H2,1H3,(H,18,19). The summed E-state index contributed by atoms with van der Waals surface area (Å²) in [5, 5.41) is 13.1. The molecule has 0 aromatic heterocycles. The van der Waals surface area contributed by atoms with Crippen molar-refractivity contribution in [3.8, 4) is 5.75 Å². The molecule has 2 saturated carbocycles. The van der Waals surface area contributed by atoms with Crippen molar-refractivity contribution < 1.29 is 14.6 Å². The number of rotatable bonds is 5. The van der Waals surface area contributed by atoms with Crippen molar-refractivity contribution in [2.45, 2.75) is 49.5 Å². The first-order valence-electron chi connectivity index (χ1n) is 7.73. The molecule has 0 radical (unpaired) electrons. The van der Waals surface area contributed by atoms with Crippen LogP contribution in [0.4, 0.5) is 0 Å². The number of aliphatic hydroxyl groups is 1. The summed E-state index contributed by atoms with van der Waals surface area (Å²) in [4.78, 5) is 12.1. The molecule has 2 aliphatic rings. The van der Waals surface area contributed by atoms with Crippen LogP contribution in [-0.4, -0.2) is 30.3 Å². The van der Waals surface area contributed by atoms with Crippen LogP contribution >= 0.6 is 0 Å². The lowest BCUT2D eigenvalue weighted by molar-refractivity contribution is -0.149. The fraction of sp³-hybridized carbons (Fsp3) is 0.588. The van der Waals surface area contributed by atoms with E-state index in [0.29, 0.717) is 19.4 Å². The van der Waals surface area contributed by atoms with Crippen LogP contribution in [0.1, 0.15) is 44.1 Å². The van der Waals surface area contributed by atoms with Crippen LogP contribution in [0.15, 0.2) is 24.3 Å². The molecule has 1 amide bonds. The maximum Gasteiger partial charge on any atom is 0.251 e. The highest BCUT2D eigenvalue weighted by Gasteiger charge is 2.44. The number of benzene rings is 1. The summed E-state index contributed by atoms with van der Waals surface area (Å²) in [6.45, 7) is 0.612. The van der Waals surface area contributed by atoms with Gasteiger partial charge in [-0.1, -0.05) is 18.6 Å². The van der Waals surface area contributed by atoms with Crippen molar-refractivity contribution in [2.24, 2.45) is 0 Å². The zero-order chi connectivity index (χ0) is 14.9. The van der Waals surface area contributed by atoms with Gasteiger partial charge in [0.15, 0.2) is 0 Å². The van der Waals surface area contributed by atoms with E-state index < -0.39 is 5.60 Å². The summed E-state index contributed by atoms with van der Waals surface area (Å²) in [6.07, 6.45) is 5.47. The number of hydrogen-bond donors (Lipinski definition) is 2. The van der Waals surface area contributed by atoms with Crippen molar-refractivity contribution in [1.82, 2.24) is 5.32 Å². The van der Waals surface area contributed by atoms with Gasteiger partial charge in [-0.3, -0.25) is 4.79 Å². The normalized spacial score (nSPS) is 21.8. The fourth-order valence-corrected chi connectivity index (χ4v) is 3.27. The first-order chi connectivity index (χ1) is 10.1. The summed E-state index contributed by atoms with van der Waals surface area (Å²) < 4.78 is 5.20. The van der Waals surface area contributed by atoms with Crippen LogP contribution in [0, 0.1) is 0 Å². The van der Waals surface area contributed by atoms with Gasteiger partial charge in [0.05, 0.1) is 7.11 Å². The Morgan fingerprint density at radius 1 is 1.19 bits per heavy atom. The maximum absolute atomic E-state index is 12.1. The zero-order valence-corrected chi connectivity index (χ0v) is 12.5. The van der Waals surface area contributed by atoms with E-state index in [1.807, 2.05) is 12.1 Å². The summed E-state index contributed by atoms with van der Waals surface area (Å²) >= 11 is 0. The smallest absolute Gasteiger partial charge is 0.251 e. The Balaban J connectivity index is 1.67. The van der Waals surface area contributed by atoms with Gasteiger partial charge in [-0.2, -0.15) is 0 Å². The molecule has 1 aromatic carbocycles. The molecular weight excluding hydrogens is 266 g/mol. The summed E-state index contributed by atoms with van der Waals surface area (Å²) in [7, 11) is 1.66. The van der Waals surface area contributed by atoms with Crippen molar-refractivity contribution in [1.29, 1.82) is 0 Å². The van der Waals surface area contributed by atoms with Gasteiger partial charge in [0, 0.05) is 12.0 Å². The van der Waals surface area contributed by atoms with Gasteiger partial charge < -0.3 is 15.2 Å². The van der Waals surface area contributed by atoms with Crippen LogP contribution in [0.2, 0.25) is 0 Å². The molecule has 1 aromatic rings. The quantitative estimate of drug-likeness (QED) is 0.873. The number of carbonyl (C=O) groups is 1. The van der Waals surface area contributed by atoms with Crippen molar-refractivity contribution in [3.63, 3.8) is 0 Å². The third-order valence-corrected chi connectivity index (χ3v) is 5.20. The van der Waals surface area contributed by atoms with Gasteiger partial charge in [-0.25, -0.2) is 0 Å². The summed E-state index contributed by atoms with van der Waals surface area (Å²) in [6, 6.07) is 8.11. The largest absolute Gasteiger partial charge is 0.497 e. The van der Waals surface area contributed by atoms with Crippen LogP contribution in [-0.2, 0) is 10.2 Å². The Kier molecular flexibility index (Phi) is 3.66. The Hall–Kier alpha value is -1.55. The lowest BCUT2D eigenvalue weighted by atomic mass is 9.64. The van der Waals surface area contributed by atoms with Crippen molar-refractivity contribution in [3.05, 3.63) is 29.8 Å². The topological polar surface area (TPSA) is 58.6 Å². The molecule has 21 heavy (non-hydrogen) atoms. The van der Waals surface area contributed by atoms with E-state index in [1.54, 1.807) is 7.11 Å². The molecule has 0 spiro atoms. The molecule has 0 aliphatic heterocycles. The number of nitrogens with one attached hydrogen (secondary N) is 1. The average Bonchev–Trinajstić information content (AvgIpc) is 2.44. The second kappa shape index (κ2) is 5.34. The molecule has 0 bridgehead atoms. The van der Waals surface area contributed by atoms with E-state index in [0.717, 1.165) is 25.0 Å². The van der Waals surface area contributed by atoms with E-state index >= 15 is 0 Å². The molecule has 2 fully saturated rings. The molecule has 4 heteroatoms. The maximum atomic E-state index is 12.1. The van der Waals surface area contributed by atoms with E-state index in [-0.39, 0.29) is 11.3 Å². The molecule has 0 saturated heterocycles. The molecule has 2 N–H and O–H groups in total. The van der Waals surface area contributed by atoms with Gasteiger partial charge in [0.2, 0.25) is 0 Å². The van der Waals surface area contributed by atoms with E-state index in [4.69, 9.17) is 4.74 Å². The molecule has 2 aliphatic carbocycles. The molecular formula is C17H23NO3. The predicted molar refractivity (Wildman–Crippen MR) is 80.3 cm³/mol. The Bertz CT molecular complexity index is 515. The number of hydrogen-bond acceptors (Lipinski definition) is 3. The molecule has 3 rings (SSSR count). The Morgan fingerprint density at radius 3 is 2.24 bits per heavy atom. The zero-order valence-electron chi connectivity index (χ0n) is 12.5. The minimum atomic E-state index is -1.11. The molecule has 4 nitrogen and oxygen atoms in total. The Labute approximate surface area is 125 Å². The van der Waals surface area contributed by atoms with Gasteiger partial charge in [-0.05, 0) is 49.8 Å². The third kappa shape index (κ3) is 2.53. The van der Waals surface area contributed by atoms with Gasteiger partial charge in [0.1, 0.15) is 11.4 Å².